The van der Waals surface area contributed by atoms with Gasteiger partial charge in [-0.15, -0.1) is 0 Å². The van der Waals surface area contributed by atoms with Gasteiger partial charge in [-0.3, -0.25) is 10.2 Å². The fourth-order valence-electron chi connectivity index (χ4n) is 5.52. The number of hydrazine groups is 1. The Morgan fingerprint density at radius 3 is 2.47 bits per heavy atom. The molecule has 0 aliphatic carbocycles. The van der Waals surface area contributed by atoms with Crippen LogP contribution in [0.15, 0.2) is 106 Å². The first-order valence-corrected chi connectivity index (χ1v) is 16.4. The molecule has 1 aliphatic rings. The topological polar surface area (TPSA) is 159 Å². The number of carbonyl (C=O) groups is 1. The summed E-state index contributed by atoms with van der Waals surface area (Å²) in [5, 5.41) is 13.0. The standard InChI is InChI=1S/C36H37BrN6O6/c1-46-31-17-10-24(22-32(31)47-2)18-19-39-42-35(45)36(23-25-8-13-27(37)14-9-25)33(29-6-3-4-7-30(29)41-43-38)49-34(40-36)26-11-15-28(16-12-26)48-21-5-20-44/h3-4,6-17,22,33,39,44H,5,18-21,23H2,1-2H3,(H,42,45)/t33-,36-/m0/s1. The third kappa shape index (κ3) is 8.51. The van der Waals surface area contributed by atoms with Gasteiger partial charge < -0.3 is 24.1 Å². The lowest BCUT2D eigenvalue weighted by Crippen LogP contribution is -2.54. The second-order valence-electron chi connectivity index (χ2n) is 11.2. The normalized spacial score (nSPS) is 16.6. The molecular weight excluding hydrogens is 692 g/mol. The van der Waals surface area contributed by atoms with Crippen LogP contribution in [0, 0.1) is 0 Å². The number of carbonyl (C=O) groups excluding carboxylic acids is 1. The number of nitrogens with zero attached hydrogens (tertiary/aromatic N) is 4. The third-order valence-corrected chi connectivity index (χ3v) is 8.51. The van der Waals surface area contributed by atoms with E-state index in [4.69, 9.17) is 29.0 Å². The fourth-order valence-corrected chi connectivity index (χ4v) is 5.78. The first-order valence-electron chi connectivity index (χ1n) is 15.6. The number of amides is 1. The number of hydrogen-bond acceptors (Lipinski definition) is 9. The number of aliphatic hydroxyl groups excluding tert-OH is 1. The van der Waals surface area contributed by atoms with E-state index in [9.17, 15) is 10.3 Å². The van der Waals surface area contributed by atoms with Gasteiger partial charge in [0.1, 0.15) is 5.75 Å². The summed E-state index contributed by atoms with van der Waals surface area (Å²) in [5.74, 6) is 1.70. The van der Waals surface area contributed by atoms with Crippen molar-refractivity contribution >= 4 is 33.4 Å². The summed E-state index contributed by atoms with van der Waals surface area (Å²) in [6.07, 6.45) is 0.312. The molecule has 0 spiro atoms. The number of ether oxygens (including phenoxy) is 4. The Morgan fingerprint density at radius 2 is 1.76 bits per heavy atom. The number of azide groups is 1. The van der Waals surface area contributed by atoms with E-state index in [-0.39, 0.29) is 18.9 Å². The molecule has 0 saturated heterocycles. The van der Waals surface area contributed by atoms with Gasteiger partial charge in [0.15, 0.2) is 23.1 Å². The highest BCUT2D eigenvalue weighted by atomic mass is 79.9. The van der Waals surface area contributed by atoms with Crippen molar-refractivity contribution < 1.29 is 28.8 Å². The molecular formula is C36H37BrN6O6. The van der Waals surface area contributed by atoms with E-state index < -0.39 is 17.6 Å². The molecule has 0 radical (unpaired) electrons. The molecule has 1 aliphatic heterocycles. The first-order chi connectivity index (χ1) is 23.9. The molecule has 254 valence electrons. The SMILES string of the molecule is COc1ccc(CCNNC(=O)[C@@]2(Cc3ccc(Br)cc3)N=C(c3ccc(OCCCO)cc3)O[C@H]2c2ccccc2N=[N+]=[N-])cc1OC. The van der Waals surface area contributed by atoms with Crippen LogP contribution in [-0.4, -0.2) is 56.4 Å². The number of rotatable bonds is 16. The zero-order valence-electron chi connectivity index (χ0n) is 27.1. The van der Waals surface area contributed by atoms with Crippen LogP contribution in [0.1, 0.15) is 34.8 Å². The number of aliphatic imine (C=N–C) groups is 1. The van der Waals surface area contributed by atoms with E-state index in [0.29, 0.717) is 60.1 Å². The summed E-state index contributed by atoms with van der Waals surface area (Å²) in [5.41, 5.74) is 17.1. The summed E-state index contributed by atoms with van der Waals surface area (Å²) in [7, 11) is 3.17. The molecule has 1 heterocycles. The molecule has 0 saturated carbocycles. The Bertz CT molecular complexity index is 1810. The largest absolute Gasteiger partial charge is 0.494 e. The van der Waals surface area contributed by atoms with Crippen LogP contribution in [0.5, 0.6) is 17.2 Å². The Morgan fingerprint density at radius 1 is 1.02 bits per heavy atom. The monoisotopic (exact) mass is 728 g/mol. The molecule has 0 bridgehead atoms. The Kier molecular flexibility index (Phi) is 12.1. The molecule has 0 unspecified atom stereocenters. The summed E-state index contributed by atoms with van der Waals surface area (Å²) in [6, 6.07) is 27.5. The maximum atomic E-state index is 14.5. The number of methoxy groups -OCH3 is 2. The van der Waals surface area contributed by atoms with Crippen molar-refractivity contribution in [3.63, 3.8) is 0 Å². The smallest absolute Gasteiger partial charge is 0.266 e. The molecule has 49 heavy (non-hydrogen) atoms. The molecule has 12 nitrogen and oxygen atoms in total. The third-order valence-electron chi connectivity index (χ3n) is 7.98. The summed E-state index contributed by atoms with van der Waals surface area (Å²) >= 11 is 3.49. The van der Waals surface area contributed by atoms with E-state index in [1.807, 2.05) is 42.5 Å². The fraction of sp³-hybridized carbons (Fsp3) is 0.278. The second-order valence-corrected chi connectivity index (χ2v) is 12.1. The van der Waals surface area contributed by atoms with Gasteiger partial charge in [-0.25, -0.2) is 10.4 Å². The van der Waals surface area contributed by atoms with Crippen molar-refractivity contribution in [3.05, 3.63) is 128 Å². The van der Waals surface area contributed by atoms with Crippen molar-refractivity contribution in [3.8, 4) is 17.2 Å². The number of benzene rings is 4. The molecule has 1 amide bonds. The van der Waals surface area contributed by atoms with Crippen LogP contribution in [0.2, 0.25) is 0 Å². The van der Waals surface area contributed by atoms with Gasteiger partial charge in [0.2, 0.25) is 5.90 Å². The van der Waals surface area contributed by atoms with Gasteiger partial charge in [0.05, 0.1) is 20.8 Å². The van der Waals surface area contributed by atoms with Gasteiger partial charge in [-0.1, -0.05) is 63.5 Å². The second kappa shape index (κ2) is 16.8. The maximum Gasteiger partial charge on any atom is 0.266 e. The molecule has 0 fully saturated rings. The Labute approximate surface area is 292 Å². The van der Waals surface area contributed by atoms with Crippen LogP contribution in [0.4, 0.5) is 5.69 Å². The lowest BCUT2D eigenvalue weighted by molar-refractivity contribution is -0.130. The van der Waals surface area contributed by atoms with E-state index in [2.05, 4.69) is 36.8 Å². The van der Waals surface area contributed by atoms with Crippen molar-refractivity contribution in [2.45, 2.75) is 30.9 Å². The van der Waals surface area contributed by atoms with Gasteiger partial charge in [-0.2, -0.15) is 0 Å². The summed E-state index contributed by atoms with van der Waals surface area (Å²) in [6.45, 7) is 0.820. The molecule has 5 rings (SSSR count). The minimum absolute atomic E-state index is 0.0367. The predicted octanol–water partition coefficient (Wildman–Crippen LogP) is 6.53. The zero-order chi connectivity index (χ0) is 34.6. The maximum absolute atomic E-state index is 14.5. The number of halogens is 1. The average Bonchev–Trinajstić information content (AvgIpc) is 3.51. The minimum Gasteiger partial charge on any atom is -0.494 e. The number of aliphatic hydroxyl groups is 1. The predicted molar refractivity (Wildman–Crippen MR) is 189 cm³/mol. The molecule has 4 aromatic carbocycles. The van der Waals surface area contributed by atoms with Gasteiger partial charge >= 0.3 is 0 Å². The molecule has 0 aromatic heterocycles. The van der Waals surface area contributed by atoms with E-state index >= 15 is 0 Å². The minimum atomic E-state index is -1.52. The number of nitrogens with one attached hydrogen (secondary N) is 2. The molecule has 2 atom stereocenters. The van der Waals surface area contributed by atoms with Gasteiger partial charge in [0.25, 0.3) is 5.91 Å². The van der Waals surface area contributed by atoms with Gasteiger partial charge in [-0.05, 0) is 71.6 Å². The summed E-state index contributed by atoms with van der Waals surface area (Å²) in [4.78, 5) is 22.6. The Hall–Kier alpha value is -5.07. The lowest BCUT2D eigenvalue weighted by atomic mass is 9.81. The van der Waals surface area contributed by atoms with Crippen LogP contribution in [0.25, 0.3) is 10.4 Å². The van der Waals surface area contributed by atoms with Crippen molar-refractivity contribution in [2.75, 3.05) is 34.0 Å². The van der Waals surface area contributed by atoms with Crippen molar-refractivity contribution in [2.24, 2.45) is 10.1 Å². The first kappa shape index (κ1) is 35.2. The van der Waals surface area contributed by atoms with Crippen molar-refractivity contribution in [1.29, 1.82) is 0 Å². The van der Waals surface area contributed by atoms with Crippen LogP contribution in [-0.2, 0) is 22.4 Å². The Balaban J connectivity index is 1.49. The molecule has 4 aromatic rings. The van der Waals surface area contributed by atoms with E-state index in [1.165, 1.54) is 0 Å². The van der Waals surface area contributed by atoms with Crippen LogP contribution >= 0.6 is 15.9 Å². The van der Waals surface area contributed by atoms with Gasteiger partial charge in [0, 0.05) is 52.2 Å². The molecule has 3 N–H and O–H groups in total. The highest BCUT2D eigenvalue weighted by Crippen LogP contribution is 2.45. The lowest BCUT2D eigenvalue weighted by Gasteiger charge is -2.31. The zero-order valence-corrected chi connectivity index (χ0v) is 28.7. The van der Waals surface area contributed by atoms with E-state index in [0.717, 1.165) is 15.6 Å². The molecule has 13 heteroatoms. The van der Waals surface area contributed by atoms with E-state index in [1.54, 1.807) is 62.8 Å². The van der Waals surface area contributed by atoms with Crippen LogP contribution < -0.4 is 25.1 Å². The highest BCUT2D eigenvalue weighted by Gasteiger charge is 2.54. The summed E-state index contributed by atoms with van der Waals surface area (Å²) < 4.78 is 23.9. The van der Waals surface area contributed by atoms with Crippen LogP contribution in [0.3, 0.4) is 0 Å². The highest BCUT2D eigenvalue weighted by molar-refractivity contribution is 9.10. The number of hydrogen-bond donors (Lipinski definition) is 3. The quantitative estimate of drug-likeness (QED) is 0.0389. The average molecular weight is 730 g/mol. The van der Waals surface area contributed by atoms with Crippen molar-refractivity contribution in [1.82, 2.24) is 10.9 Å².